The summed E-state index contributed by atoms with van der Waals surface area (Å²) in [5, 5.41) is 68.1. The van der Waals surface area contributed by atoms with Crippen molar-refractivity contribution in [2.45, 2.75) is 255 Å². The summed E-state index contributed by atoms with van der Waals surface area (Å²) in [6.07, 6.45) is 27.4. The molecule has 0 spiro atoms. The number of nitrogens with zero attached hydrogens (tertiary/aromatic N) is 6. The third kappa shape index (κ3) is 29.9. The molecule has 146 heavy (non-hydrogen) atoms. The van der Waals surface area contributed by atoms with Crippen LogP contribution in [0.3, 0.4) is 0 Å². The molecule has 8 aliphatic rings. The Morgan fingerprint density at radius 2 is 0.432 bits per heavy atom. The van der Waals surface area contributed by atoms with Crippen molar-refractivity contribution in [1.82, 2.24) is 0 Å². The molecule has 0 atom stereocenters. The fourth-order valence-corrected chi connectivity index (χ4v) is 23.0. The van der Waals surface area contributed by atoms with Crippen molar-refractivity contribution in [2.75, 3.05) is 0 Å². The van der Waals surface area contributed by atoms with Crippen LogP contribution in [-0.4, -0.2) is 67.9 Å². The van der Waals surface area contributed by atoms with Gasteiger partial charge in [-0.15, -0.1) is 0 Å². The van der Waals surface area contributed by atoms with Gasteiger partial charge >= 0.3 is 0 Å². The standard InChI is InChI=1S/C50H64N2O2.C42H44N2O2.C30H30Cl6N2O2.3CH3.3Co/c1-49(2,3)41-21-37(25-43-33-13-29-11-30(15-33)16-34(43)14-29)47(53)39(23-41)27-51-45-9-7-8-10-46(45)52-28-40-24-42(50(4,5)6)22-38(48(40)54)26-44-35-17-31-12-32(19-35)20-36(44)18-31;1-41(2,3)35-23-31(21-29-15-9-7-10-16-29)39(45)33(25-35)27-43-37-19-13-14-20-38(37)44-28-34-26-36(42(4,5)6)24-32(40(34)46)22-30-17-11-8-12-18-30;1-27(2,3)19-11-17(25(39)21(13-19)29(31,32)33)15-37-23-9-7-8-10-24(23)38-16-18-12-20(28(4,5)6)14-22(26(18)40)30(34,35)36;;;;;;/h7-10,21-24,27-36,43-44,53-54H,11-20,25-26H2,1-6H3;7-20,23-28,45-46H,21-22H2,1-6H3;7-16,39-40H,1-6H3;3*1H3;;;/q;;;3*-1;;;. The molecule has 3 radical (unpaired) electrons. The van der Waals surface area contributed by atoms with Crippen molar-refractivity contribution < 1.29 is 81.0 Å². The first-order valence-electron chi connectivity index (χ1n) is 49.8. The Balaban J connectivity index is 0.000000242. The summed E-state index contributed by atoms with van der Waals surface area (Å²) in [7, 11) is 0. The number of rotatable bonds is 20. The molecule has 0 aromatic heterocycles. The van der Waals surface area contributed by atoms with Crippen LogP contribution in [0.2, 0.25) is 0 Å². The van der Waals surface area contributed by atoms with E-state index < -0.39 is 7.59 Å². The molecule has 8 fully saturated rings. The van der Waals surface area contributed by atoms with Gasteiger partial charge in [0.15, 0.2) is 0 Å². The molecule has 8 saturated carbocycles. The zero-order chi connectivity index (χ0) is 101. The molecule has 19 rings (SSSR count). The SMILES string of the molecule is CC(C)(C)c1cc(C=Nc2ccccc2N=Cc2cc(C(C)(C)C)cc(C(Cl)(Cl)Cl)c2O)c(O)c(C(Cl)(Cl)Cl)c1.CC(C)(C)c1cc(C=Nc2ccccc2N=Cc2cc(C(C)(C)C)cc(CC3C4CC5CC(C4)CC3C5)c2O)c(O)c(CC2C3CC4CC(C3)CC2C4)c1.CC(C)(C)c1cc(C=Nc2ccccc2N=Cc2cc(C(C)(C)C)cc(Cc3ccccc3)c2O)c(O)c(Cc2ccccc2)c1.[CH3-].[CH3-].[CH3-].[Co].[Co].[Co]. The Morgan fingerprint density at radius 1 is 0.247 bits per heavy atom. The summed E-state index contributed by atoms with van der Waals surface area (Å²) < 4.78 is -3.66. The van der Waals surface area contributed by atoms with Gasteiger partial charge in [0.05, 0.1) is 34.1 Å². The van der Waals surface area contributed by atoms with E-state index in [0.29, 0.717) is 81.2 Å². The molecule has 785 valence electrons. The predicted molar refractivity (Wildman–Crippen MR) is 608 cm³/mol. The fraction of sp³-hybridized carbons (Fsp3) is 0.400. The minimum absolute atomic E-state index is 0. The van der Waals surface area contributed by atoms with Crippen LogP contribution >= 0.6 is 69.6 Å². The van der Waals surface area contributed by atoms with Gasteiger partial charge < -0.3 is 52.9 Å². The molecule has 6 N–H and O–H groups in total. The quantitative estimate of drug-likeness (QED) is 0.0249. The summed E-state index contributed by atoms with van der Waals surface area (Å²) in [4.78, 5) is 28.8. The van der Waals surface area contributed by atoms with E-state index in [1.807, 2.05) is 163 Å². The molecule has 8 bridgehead atoms. The van der Waals surface area contributed by atoms with E-state index in [1.54, 1.807) is 48.8 Å². The van der Waals surface area contributed by atoms with Gasteiger partial charge in [0.2, 0.25) is 7.59 Å². The van der Waals surface area contributed by atoms with Crippen molar-refractivity contribution >= 4 is 141 Å². The first-order chi connectivity index (χ1) is 65.8. The van der Waals surface area contributed by atoms with Gasteiger partial charge in [-0.05, 0) is 320 Å². The zero-order valence-electron chi connectivity index (χ0n) is 88.4. The van der Waals surface area contributed by atoms with Crippen LogP contribution < -0.4 is 0 Å². The van der Waals surface area contributed by atoms with Gasteiger partial charge in [-0.1, -0.05) is 316 Å². The molecular weight excluding hydrogens is 2070 g/mol. The van der Waals surface area contributed by atoms with Gasteiger partial charge in [0.25, 0.3) is 0 Å². The van der Waals surface area contributed by atoms with E-state index in [2.05, 4.69) is 154 Å². The first-order valence-corrected chi connectivity index (χ1v) is 52.0. The number of halogens is 6. The van der Waals surface area contributed by atoms with Gasteiger partial charge in [0, 0.05) is 145 Å². The number of alkyl halides is 6. The maximum absolute atomic E-state index is 11.8. The van der Waals surface area contributed by atoms with Crippen molar-refractivity contribution in [1.29, 1.82) is 0 Å². The average molecular weight is 2220 g/mol. The largest absolute Gasteiger partial charge is 0.507 e. The van der Waals surface area contributed by atoms with E-state index in [4.69, 9.17) is 89.6 Å². The van der Waals surface area contributed by atoms with Crippen molar-refractivity contribution in [2.24, 2.45) is 89.1 Å². The Hall–Kier alpha value is -8.50. The second kappa shape index (κ2) is 49.3. The number of phenols is 6. The molecule has 0 heterocycles. The summed E-state index contributed by atoms with van der Waals surface area (Å²) in [6.45, 7) is 38.7. The number of hydrogen-bond acceptors (Lipinski definition) is 12. The zero-order valence-corrected chi connectivity index (χ0v) is 96.1. The molecule has 11 aromatic carbocycles. The second-order valence-corrected chi connectivity index (χ2v) is 51.2. The summed E-state index contributed by atoms with van der Waals surface area (Å²) in [5.41, 5.74) is 19.6. The van der Waals surface area contributed by atoms with Crippen LogP contribution in [0.15, 0.2) is 236 Å². The maximum atomic E-state index is 11.8. The van der Waals surface area contributed by atoms with Crippen LogP contribution in [0.25, 0.3) is 0 Å². The van der Waals surface area contributed by atoms with E-state index in [9.17, 15) is 30.6 Å². The normalized spacial score (nSPS) is 19.7. The predicted octanol–water partition coefficient (Wildman–Crippen LogP) is 35.0. The molecule has 12 nitrogen and oxygen atoms in total. The number of hydrogen-bond donors (Lipinski definition) is 6. The molecule has 21 heteroatoms. The van der Waals surface area contributed by atoms with Crippen LogP contribution in [0.1, 0.15) is 300 Å². The molecule has 11 aromatic rings. The average Bonchev–Trinajstić information content (AvgIpc) is 0.755. The van der Waals surface area contributed by atoms with Gasteiger partial charge in [0.1, 0.15) is 34.5 Å². The Kier molecular flexibility index (Phi) is 40.9. The molecule has 0 amide bonds. The van der Waals surface area contributed by atoms with Gasteiger partial charge in [-0.25, -0.2) is 0 Å². The van der Waals surface area contributed by atoms with E-state index >= 15 is 0 Å². The first kappa shape index (κ1) is 121. The van der Waals surface area contributed by atoms with Crippen molar-refractivity contribution in [3.8, 4) is 34.5 Å². The fourth-order valence-electron chi connectivity index (χ4n) is 22.2. The number of para-hydroxylation sites is 6. The Labute approximate surface area is 931 Å². The molecule has 0 saturated heterocycles. The third-order valence-corrected chi connectivity index (χ3v) is 31.1. The summed E-state index contributed by atoms with van der Waals surface area (Å²) in [6, 6.07) is 67.2. The number of aromatic hydroxyl groups is 6. The topological polar surface area (TPSA) is 196 Å². The van der Waals surface area contributed by atoms with E-state index in [1.165, 1.54) is 87.8 Å². The number of benzene rings is 11. The number of phenolic OH excluding ortho intramolecular Hbond substituents is 6. The monoisotopic (exact) mass is 2210 g/mol. The van der Waals surface area contributed by atoms with Crippen LogP contribution in [0.5, 0.6) is 34.5 Å². The smallest absolute Gasteiger partial charge is 0.219 e. The number of aliphatic imine (C=N–C) groups is 6. The Bertz CT molecular complexity index is 6090. The van der Waals surface area contributed by atoms with Gasteiger partial charge in [-0.2, -0.15) is 0 Å². The Morgan fingerprint density at radius 3 is 0.637 bits per heavy atom. The summed E-state index contributed by atoms with van der Waals surface area (Å²) in [5.74, 6) is 9.30. The third-order valence-electron chi connectivity index (χ3n) is 29.9. The summed E-state index contributed by atoms with van der Waals surface area (Å²) >= 11 is 36.9. The maximum Gasteiger partial charge on any atom is 0.219 e. The molecule has 0 unspecified atom stereocenters. The molecule has 0 aliphatic heterocycles. The minimum atomic E-state index is -1.83. The van der Waals surface area contributed by atoms with Crippen LogP contribution in [0, 0.1) is 81.5 Å². The second-order valence-electron chi connectivity index (χ2n) is 46.6. The van der Waals surface area contributed by atoms with Gasteiger partial charge in [-0.3, -0.25) is 30.0 Å². The van der Waals surface area contributed by atoms with Crippen molar-refractivity contribution in [3.63, 3.8) is 0 Å². The van der Waals surface area contributed by atoms with E-state index in [-0.39, 0.29) is 139 Å². The van der Waals surface area contributed by atoms with Crippen LogP contribution in [0.4, 0.5) is 34.1 Å². The minimum Gasteiger partial charge on any atom is -0.507 e. The van der Waals surface area contributed by atoms with Crippen molar-refractivity contribution in [3.05, 3.63) is 340 Å². The van der Waals surface area contributed by atoms with Crippen LogP contribution in [-0.2, 0) is 116 Å². The molecular formula is C125H147Cl6Co3N6O6-3. The van der Waals surface area contributed by atoms with E-state index in [0.717, 1.165) is 138 Å². The molecule has 8 aliphatic carbocycles.